The van der Waals surface area contributed by atoms with Gasteiger partial charge < -0.3 is 4.74 Å². The molecule has 2 aromatic rings. The smallest absolute Gasteiger partial charge is 0.208 e. The molecule has 0 unspecified atom stereocenters. The van der Waals surface area contributed by atoms with Crippen LogP contribution in [0.4, 0.5) is 0 Å². The van der Waals surface area contributed by atoms with E-state index in [0.717, 1.165) is 31.1 Å². The summed E-state index contributed by atoms with van der Waals surface area (Å²) in [6.07, 6.45) is 2.94. The van der Waals surface area contributed by atoms with Crippen LogP contribution >= 0.6 is 0 Å². The van der Waals surface area contributed by atoms with Crippen LogP contribution in [-0.2, 0) is 23.1 Å². The number of ether oxygens (including phenoxy) is 1. The van der Waals surface area contributed by atoms with Gasteiger partial charge in [0.15, 0.2) is 0 Å². The molecular weight excluding hydrogens is 328 g/mol. The van der Waals surface area contributed by atoms with Crippen molar-refractivity contribution in [3.8, 4) is 5.75 Å². The van der Waals surface area contributed by atoms with Gasteiger partial charge in [-0.1, -0.05) is 12.1 Å². The Hall–Kier alpha value is -1.90. The summed E-state index contributed by atoms with van der Waals surface area (Å²) >= 11 is 0. The number of rotatable bonds is 6. The highest BCUT2D eigenvalue weighted by molar-refractivity contribution is 7.88. The summed E-state index contributed by atoms with van der Waals surface area (Å²) in [7, 11) is -1.56. The van der Waals surface area contributed by atoms with Crippen LogP contribution < -0.4 is 9.46 Å². The first-order valence-corrected chi connectivity index (χ1v) is 9.66. The van der Waals surface area contributed by atoms with Crippen LogP contribution in [0.2, 0.25) is 0 Å². The van der Waals surface area contributed by atoms with Gasteiger partial charge in [-0.25, -0.2) is 13.1 Å². The van der Waals surface area contributed by atoms with Gasteiger partial charge in [0, 0.05) is 32.4 Å². The highest BCUT2D eigenvalue weighted by atomic mass is 32.2. The largest absolute Gasteiger partial charge is 0.497 e. The molecule has 1 aliphatic rings. The fourth-order valence-corrected chi connectivity index (χ4v) is 3.47. The summed E-state index contributed by atoms with van der Waals surface area (Å²) < 4.78 is 32.5. The third-order valence-corrected chi connectivity index (χ3v) is 4.79. The Kier molecular flexibility index (Phi) is 4.88. The predicted molar refractivity (Wildman–Crippen MR) is 91.2 cm³/mol. The fourth-order valence-electron chi connectivity index (χ4n) is 2.97. The van der Waals surface area contributed by atoms with Crippen LogP contribution in [0.5, 0.6) is 5.75 Å². The molecule has 130 valence electrons. The van der Waals surface area contributed by atoms with Crippen molar-refractivity contribution in [1.29, 1.82) is 0 Å². The van der Waals surface area contributed by atoms with E-state index in [1.807, 2.05) is 22.9 Å². The number of sulfonamides is 1. The van der Waals surface area contributed by atoms with Crippen molar-refractivity contribution in [2.45, 2.75) is 19.1 Å². The van der Waals surface area contributed by atoms with Crippen LogP contribution in [0.3, 0.4) is 0 Å². The van der Waals surface area contributed by atoms with Gasteiger partial charge in [-0.3, -0.25) is 9.58 Å². The average Bonchev–Trinajstić information content (AvgIpc) is 3.01. The molecule has 8 heteroatoms. The van der Waals surface area contributed by atoms with Crippen molar-refractivity contribution >= 4 is 10.0 Å². The molecule has 0 saturated heterocycles. The zero-order chi connectivity index (χ0) is 17.2. The Labute approximate surface area is 142 Å². The maximum absolute atomic E-state index is 11.4. The standard InChI is InChI=1S/C16H22N4O3S/c1-23-16-5-3-13(4-6-16)10-19-11-14-7-8-17-20(14)15(12-19)9-18-24(2,21)22/h3-8,15,18H,9-12H2,1-2H3/t15-/m1/s1. The second kappa shape index (κ2) is 6.92. The van der Waals surface area contributed by atoms with E-state index >= 15 is 0 Å². The van der Waals surface area contributed by atoms with Crippen molar-refractivity contribution in [2.24, 2.45) is 0 Å². The summed E-state index contributed by atoms with van der Waals surface area (Å²) in [6, 6.07) is 9.96. The lowest BCUT2D eigenvalue weighted by atomic mass is 10.1. The topological polar surface area (TPSA) is 76.5 Å². The molecule has 0 amide bonds. The average molecular weight is 350 g/mol. The molecule has 1 atom stereocenters. The Morgan fingerprint density at radius 1 is 1.29 bits per heavy atom. The number of hydrogen-bond acceptors (Lipinski definition) is 5. The van der Waals surface area contributed by atoms with Crippen LogP contribution in [0.1, 0.15) is 17.3 Å². The summed E-state index contributed by atoms with van der Waals surface area (Å²) in [4.78, 5) is 2.30. The van der Waals surface area contributed by atoms with Crippen molar-refractivity contribution in [3.05, 3.63) is 47.8 Å². The molecule has 1 aromatic heterocycles. The molecule has 0 aliphatic carbocycles. The van der Waals surface area contributed by atoms with Gasteiger partial charge in [-0.05, 0) is 23.8 Å². The van der Waals surface area contributed by atoms with Crippen molar-refractivity contribution in [3.63, 3.8) is 0 Å². The maximum atomic E-state index is 11.4. The van der Waals surface area contributed by atoms with E-state index in [2.05, 4.69) is 26.9 Å². The van der Waals surface area contributed by atoms with E-state index in [0.29, 0.717) is 6.54 Å². The number of benzene rings is 1. The minimum atomic E-state index is -3.22. The molecule has 0 bridgehead atoms. The molecule has 24 heavy (non-hydrogen) atoms. The SMILES string of the molecule is COc1ccc(CN2Cc3ccnn3[C@H](CNS(C)(=O)=O)C2)cc1. The van der Waals surface area contributed by atoms with E-state index in [9.17, 15) is 8.42 Å². The first-order chi connectivity index (χ1) is 11.4. The molecule has 0 radical (unpaired) electrons. The number of aromatic nitrogens is 2. The third-order valence-electron chi connectivity index (χ3n) is 4.10. The Morgan fingerprint density at radius 2 is 2.04 bits per heavy atom. The second-order valence-electron chi connectivity index (χ2n) is 6.06. The molecule has 2 heterocycles. The van der Waals surface area contributed by atoms with Crippen LogP contribution in [0.15, 0.2) is 36.5 Å². The lowest BCUT2D eigenvalue weighted by molar-refractivity contribution is 0.168. The fraction of sp³-hybridized carbons (Fsp3) is 0.438. The number of hydrogen-bond donors (Lipinski definition) is 1. The summed E-state index contributed by atoms with van der Waals surface area (Å²) in [6.45, 7) is 2.67. The normalized spacial score (nSPS) is 18.3. The Bertz CT molecular complexity index is 786. The first kappa shape index (κ1) is 16.9. The van der Waals surface area contributed by atoms with E-state index in [1.54, 1.807) is 13.3 Å². The van der Waals surface area contributed by atoms with Gasteiger partial charge in [0.2, 0.25) is 10.0 Å². The van der Waals surface area contributed by atoms with E-state index < -0.39 is 10.0 Å². The first-order valence-electron chi connectivity index (χ1n) is 7.77. The van der Waals surface area contributed by atoms with Gasteiger partial charge in [-0.15, -0.1) is 0 Å². The minimum Gasteiger partial charge on any atom is -0.497 e. The Balaban J connectivity index is 1.71. The van der Waals surface area contributed by atoms with Crippen molar-refractivity contribution < 1.29 is 13.2 Å². The van der Waals surface area contributed by atoms with E-state index in [4.69, 9.17) is 4.74 Å². The second-order valence-corrected chi connectivity index (χ2v) is 7.89. The van der Waals surface area contributed by atoms with Gasteiger partial charge in [-0.2, -0.15) is 5.10 Å². The van der Waals surface area contributed by atoms with Crippen molar-refractivity contribution in [1.82, 2.24) is 19.4 Å². The molecule has 0 fully saturated rings. The summed E-state index contributed by atoms with van der Waals surface area (Å²) in [5.74, 6) is 0.839. The zero-order valence-corrected chi connectivity index (χ0v) is 14.7. The molecule has 0 saturated carbocycles. The minimum absolute atomic E-state index is 0.0169. The summed E-state index contributed by atoms with van der Waals surface area (Å²) in [5, 5.41) is 4.34. The van der Waals surface area contributed by atoms with Gasteiger partial charge in [0.1, 0.15) is 5.75 Å². The van der Waals surface area contributed by atoms with E-state index in [1.165, 1.54) is 11.8 Å². The van der Waals surface area contributed by atoms with Crippen LogP contribution in [-0.4, -0.2) is 49.6 Å². The Morgan fingerprint density at radius 3 is 2.71 bits per heavy atom. The molecular formula is C16H22N4O3S. The zero-order valence-electron chi connectivity index (χ0n) is 13.8. The van der Waals surface area contributed by atoms with E-state index in [-0.39, 0.29) is 6.04 Å². The third kappa shape index (κ3) is 4.14. The predicted octanol–water partition coefficient (Wildman–Crippen LogP) is 0.998. The monoisotopic (exact) mass is 350 g/mol. The summed E-state index contributed by atoms with van der Waals surface area (Å²) in [5.41, 5.74) is 2.29. The molecule has 0 spiro atoms. The van der Waals surface area contributed by atoms with Gasteiger partial charge >= 0.3 is 0 Å². The highest BCUT2D eigenvalue weighted by Gasteiger charge is 2.26. The molecule has 3 rings (SSSR count). The van der Waals surface area contributed by atoms with Crippen molar-refractivity contribution in [2.75, 3.05) is 26.5 Å². The lowest BCUT2D eigenvalue weighted by Crippen LogP contribution is -2.42. The molecule has 1 aliphatic heterocycles. The number of fused-ring (bicyclic) bond motifs is 1. The van der Waals surface area contributed by atoms with Gasteiger partial charge in [0.25, 0.3) is 0 Å². The lowest BCUT2D eigenvalue weighted by Gasteiger charge is -2.34. The molecule has 1 aromatic carbocycles. The van der Waals surface area contributed by atoms with Crippen LogP contribution in [0.25, 0.3) is 0 Å². The quantitative estimate of drug-likeness (QED) is 0.841. The number of nitrogens with one attached hydrogen (secondary N) is 1. The van der Waals surface area contributed by atoms with Gasteiger partial charge in [0.05, 0.1) is 25.1 Å². The van der Waals surface area contributed by atoms with Crippen LogP contribution in [0, 0.1) is 0 Å². The number of nitrogens with zero attached hydrogens (tertiary/aromatic N) is 3. The molecule has 7 nitrogen and oxygen atoms in total. The molecule has 1 N–H and O–H groups in total. The highest BCUT2D eigenvalue weighted by Crippen LogP contribution is 2.22. The number of methoxy groups -OCH3 is 1. The maximum Gasteiger partial charge on any atom is 0.208 e.